The molecule has 0 spiro atoms. The lowest BCUT2D eigenvalue weighted by Gasteiger charge is -2.13. The summed E-state index contributed by atoms with van der Waals surface area (Å²) in [5.74, 6) is -1.98. The van der Waals surface area contributed by atoms with Gasteiger partial charge in [-0.1, -0.05) is 0 Å². The molecule has 4 amide bonds. The van der Waals surface area contributed by atoms with Crippen LogP contribution in [0.5, 0.6) is 11.5 Å². The molecule has 0 saturated heterocycles. The van der Waals surface area contributed by atoms with E-state index in [1.165, 1.54) is 0 Å². The molecule has 2 aromatic heterocycles. The fourth-order valence-corrected chi connectivity index (χ4v) is 6.24. The summed E-state index contributed by atoms with van der Waals surface area (Å²) in [6, 6.07) is 14.6. The van der Waals surface area contributed by atoms with Gasteiger partial charge in [-0.25, -0.2) is 27.2 Å². The molecule has 4 aromatic carbocycles. The van der Waals surface area contributed by atoms with Crippen LogP contribution in [-0.4, -0.2) is 45.8 Å². The van der Waals surface area contributed by atoms with Gasteiger partial charge in [0.15, 0.2) is 0 Å². The molecule has 0 aliphatic heterocycles. The molecule has 0 radical (unpaired) electrons. The minimum atomic E-state index is -0.862. The average molecular weight is 874 g/mol. The van der Waals surface area contributed by atoms with Crippen LogP contribution >= 0.6 is 31.9 Å². The van der Waals surface area contributed by atoms with Crippen LogP contribution in [0.15, 0.2) is 94.1 Å². The topological polar surface area (TPSA) is 136 Å². The zero-order chi connectivity index (χ0) is 39.1. The number of anilines is 4. The molecule has 0 aliphatic rings. The number of halogens is 6. The van der Waals surface area contributed by atoms with Crippen molar-refractivity contribution >= 4 is 66.7 Å². The number of carbonyl (C=O) groups is 2. The first-order valence-corrected chi connectivity index (χ1v) is 17.1. The van der Waals surface area contributed by atoms with E-state index in [0.29, 0.717) is 46.1 Å². The molecule has 12 nitrogen and oxygen atoms in total. The zero-order valence-electron chi connectivity index (χ0n) is 28.8. The van der Waals surface area contributed by atoms with Crippen molar-refractivity contribution in [1.29, 1.82) is 0 Å². The predicted octanol–water partition coefficient (Wildman–Crippen LogP) is 9.56. The second kappa shape index (κ2) is 17.3. The lowest BCUT2D eigenvalue weighted by molar-refractivity contribution is 0.261. The number of amides is 4. The van der Waals surface area contributed by atoms with Crippen LogP contribution in [0.2, 0.25) is 0 Å². The number of ether oxygens (including phenoxy) is 2. The fourth-order valence-electron chi connectivity index (χ4n) is 5.12. The van der Waals surface area contributed by atoms with Gasteiger partial charge in [-0.05, 0) is 92.5 Å². The Hall–Kier alpha value is -5.88. The third-order valence-corrected chi connectivity index (χ3v) is 8.73. The van der Waals surface area contributed by atoms with Crippen molar-refractivity contribution in [2.24, 2.45) is 14.1 Å². The summed E-state index contributed by atoms with van der Waals surface area (Å²) in [5.41, 5.74) is 3.60. The normalized spacial score (nSPS) is 10.6. The van der Waals surface area contributed by atoms with E-state index < -0.39 is 35.3 Å². The first kappa shape index (κ1) is 39.3. The summed E-state index contributed by atoms with van der Waals surface area (Å²) in [7, 11) is 6.65. The Kier molecular flexibility index (Phi) is 12.6. The molecule has 0 unspecified atom stereocenters. The second-order valence-corrected chi connectivity index (χ2v) is 12.9. The van der Waals surface area contributed by atoms with Gasteiger partial charge in [-0.15, -0.1) is 0 Å². The van der Waals surface area contributed by atoms with E-state index in [-0.39, 0.29) is 11.4 Å². The number of hydrogen-bond acceptors (Lipinski definition) is 6. The molecule has 2 heterocycles. The van der Waals surface area contributed by atoms with Crippen LogP contribution in [0, 0.1) is 23.3 Å². The molecule has 0 fully saturated rings. The van der Waals surface area contributed by atoms with Crippen LogP contribution in [-0.2, 0) is 14.1 Å². The molecule has 0 atom stereocenters. The smallest absolute Gasteiger partial charge is 0.323 e. The molecule has 0 bridgehead atoms. The highest BCUT2D eigenvalue weighted by Gasteiger charge is 2.18. The SMILES string of the molecule is COc1ccc(NC(=O)Nc2ccc(F)cc2F)cc1-c1c(Br)cnn1C.COc1ccc(NC(=O)Nc2ccc(F)cc2F)cc1-c1c(Br)cnn1C. The van der Waals surface area contributed by atoms with Gasteiger partial charge in [0.05, 0.1) is 58.3 Å². The van der Waals surface area contributed by atoms with E-state index in [0.717, 1.165) is 44.6 Å². The molecular formula is C36H30Br2F4N8O4. The second-order valence-electron chi connectivity index (χ2n) is 11.2. The van der Waals surface area contributed by atoms with E-state index in [9.17, 15) is 27.2 Å². The van der Waals surface area contributed by atoms with E-state index in [4.69, 9.17) is 9.47 Å². The predicted molar refractivity (Wildman–Crippen MR) is 204 cm³/mol. The Morgan fingerprint density at radius 2 is 0.981 bits per heavy atom. The third-order valence-electron chi connectivity index (χ3n) is 7.57. The summed E-state index contributed by atoms with van der Waals surface area (Å²) >= 11 is 6.88. The van der Waals surface area contributed by atoms with Crippen molar-refractivity contribution in [2.45, 2.75) is 0 Å². The van der Waals surface area contributed by atoms with Crippen molar-refractivity contribution in [3.8, 4) is 34.0 Å². The highest BCUT2D eigenvalue weighted by Crippen LogP contribution is 2.38. The summed E-state index contributed by atoms with van der Waals surface area (Å²) in [6.07, 6.45) is 3.30. The van der Waals surface area contributed by atoms with Gasteiger partial charge in [-0.3, -0.25) is 9.36 Å². The minimum Gasteiger partial charge on any atom is -0.496 e. The van der Waals surface area contributed by atoms with Gasteiger partial charge in [-0.2, -0.15) is 10.2 Å². The van der Waals surface area contributed by atoms with Gasteiger partial charge in [0.1, 0.15) is 34.8 Å². The number of hydrogen-bond donors (Lipinski definition) is 4. The lowest BCUT2D eigenvalue weighted by atomic mass is 10.1. The average Bonchev–Trinajstić information content (AvgIpc) is 3.65. The molecular weight excluding hydrogens is 844 g/mol. The van der Waals surface area contributed by atoms with Crippen molar-refractivity contribution in [1.82, 2.24) is 19.6 Å². The molecule has 54 heavy (non-hydrogen) atoms. The lowest BCUT2D eigenvalue weighted by Crippen LogP contribution is -2.20. The standard InChI is InChI=1S/2C18H15BrF2N4O2/c2*1-25-17(13(19)9-22-25)12-8-11(4-6-16(12)27-2)23-18(26)24-15-5-3-10(20)7-14(15)21/h2*3-9H,1-2H3,(H2,23,24,26). The number of rotatable bonds is 8. The van der Waals surface area contributed by atoms with Gasteiger partial charge in [0.2, 0.25) is 0 Å². The summed E-state index contributed by atoms with van der Waals surface area (Å²) in [4.78, 5) is 24.3. The number of methoxy groups -OCH3 is 2. The number of aryl methyl sites for hydroxylation is 2. The monoisotopic (exact) mass is 872 g/mol. The van der Waals surface area contributed by atoms with Crippen LogP contribution in [0.25, 0.3) is 22.5 Å². The summed E-state index contributed by atoms with van der Waals surface area (Å²) in [5, 5.41) is 18.3. The first-order valence-electron chi connectivity index (χ1n) is 15.6. The maximum Gasteiger partial charge on any atom is 0.323 e. The number of nitrogens with zero attached hydrogens (tertiary/aromatic N) is 4. The Balaban J connectivity index is 0.000000208. The number of benzene rings is 4. The Morgan fingerprint density at radius 3 is 1.30 bits per heavy atom. The quantitative estimate of drug-likeness (QED) is 0.113. The van der Waals surface area contributed by atoms with Crippen LogP contribution in [0.4, 0.5) is 49.9 Å². The maximum atomic E-state index is 13.7. The van der Waals surface area contributed by atoms with Crippen molar-refractivity contribution in [2.75, 3.05) is 35.5 Å². The van der Waals surface area contributed by atoms with Gasteiger partial charge in [0, 0.05) is 48.7 Å². The number of nitrogens with one attached hydrogen (secondary N) is 4. The number of aromatic nitrogens is 4. The maximum absolute atomic E-state index is 13.7. The van der Waals surface area contributed by atoms with Gasteiger partial charge < -0.3 is 30.7 Å². The Bertz CT molecular complexity index is 2140. The molecule has 6 aromatic rings. The highest BCUT2D eigenvalue weighted by atomic mass is 79.9. The zero-order valence-corrected chi connectivity index (χ0v) is 31.9. The third kappa shape index (κ3) is 9.37. The molecule has 6 rings (SSSR count). The Morgan fingerprint density at radius 1 is 0.593 bits per heavy atom. The first-order chi connectivity index (χ1) is 25.8. The molecule has 280 valence electrons. The molecule has 18 heteroatoms. The van der Waals surface area contributed by atoms with Crippen molar-refractivity contribution < 1.29 is 36.6 Å². The molecule has 0 aliphatic carbocycles. The fraction of sp³-hybridized carbons (Fsp3) is 0.111. The van der Waals surface area contributed by atoms with Gasteiger partial charge in [0.25, 0.3) is 0 Å². The molecule has 4 N–H and O–H groups in total. The largest absolute Gasteiger partial charge is 0.496 e. The van der Waals surface area contributed by atoms with E-state index in [1.54, 1.807) is 86.5 Å². The van der Waals surface area contributed by atoms with Gasteiger partial charge >= 0.3 is 12.1 Å². The van der Waals surface area contributed by atoms with E-state index in [2.05, 4.69) is 63.3 Å². The summed E-state index contributed by atoms with van der Waals surface area (Å²) in [6.45, 7) is 0. The van der Waals surface area contributed by atoms with Crippen LogP contribution in [0.1, 0.15) is 0 Å². The van der Waals surface area contributed by atoms with Crippen molar-refractivity contribution in [3.05, 3.63) is 117 Å². The van der Waals surface area contributed by atoms with E-state index in [1.807, 2.05) is 0 Å². The number of carbonyl (C=O) groups excluding carboxylic acids is 2. The molecule has 0 saturated carbocycles. The summed E-state index contributed by atoms with van der Waals surface area (Å²) < 4.78 is 68.9. The number of urea groups is 2. The van der Waals surface area contributed by atoms with Crippen LogP contribution in [0.3, 0.4) is 0 Å². The van der Waals surface area contributed by atoms with E-state index >= 15 is 0 Å². The minimum absolute atomic E-state index is 0.128. The Labute approximate surface area is 322 Å². The van der Waals surface area contributed by atoms with Crippen LogP contribution < -0.4 is 30.7 Å². The highest BCUT2D eigenvalue weighted by molar-refractivity contribution is 9.11. The van der Waals surface area contributed by atoms with Crippen molar-refractivity contribution in [3.63, 3.8) is 0 Å².